The van der Waals surface area contributed by atoms with Crippen molar-refractivity contribution in [1.82, 2.24) is 0 Å². The van der Waals surface area contributed by atoms with E-state index >= 15 is 0 Å². The molecule has 0 radical (unpaired) electrons. The molecule has 3 heteroatoms. The summed E-state index contributed by atoms with van der Waals surface area (Å²) >= 11 is 0. The number of aliphatic hydroxyl groups is 1. The summed E-state index contributed by atoms with van der Waals surface area (Å²) in [4.78, 5) is 11.7. The number of allylic oxidation sites excluding steroid dienone is 1. The molecule has 0 fully saturated rings. The molecule has 0 aromatic carbocycles. The Kier molecular flexibility index (Phi) is 6.78. The van der Waals surface area contributed by atoms with Crippen molar-refractivity contribution in [2.24, 2.45) is 16.7 Å². The molecule has 0 rings (SSSR count). The highest BCUT2D eigenvalue weighted by atomic mass is 16.5. The summed E-state index contributed by atoms with van der Waals surface area (Å²) in [5.74, 6) is -0.391. The van der Waals surface area contributed by atoms with Gasteiger partial charge in [0.1, 0.15) is 0 Å². The first-order valence-corrected chi connectivity index (χ1v) is 7.07. The molecule has 19 heavy (non-hydrogen) atoms. The van der Waals surface area contributed by atoms with Crippen LogP contribution in [0.4, 0.5) is 0 Å². The van der Waals surface area contributed by atoms with Gasteiger partial charge in [0, 0.05) is 5.41 Å². The number of aliphatic hydroxyl groups excluding tert-OH is 1. The Hall–Kier alpha value is -0.830. The lowest BCUT2D eigenvalue weighted by atomic mass is 9.68. The number of rotatable bonds is 7. The standard InChI is InChI=1S/C16H30O3/c1-8-10-15(4,5)14(18)16(6,7)11-12(3)13(17)19-9-2/h8,10,12,14,18H,9,11H2,1-7H3. The highest BCUT2D eigenvalue weighted by Gasteiger charge is 2.39. The van der Waals surface area contributed by atoms with Crippen LogP contribution in [-0.4, -0.2) is 23.8 Å². The second kappa shape index (κ2) is 7.09. The van der Waals surface area contributed by atoms with Crippen LogP contribution in [0.5, 0.6) is 0 Å². The van der Waals surface area contributed by atoms with E-state index < -0.39 is 6.10 Å². The summed E-state index contributed by atoms with van der Waals surface area (Å²) in [5.41, 5.74) is -0.665. The number of esters is 1. The minimum atomic E-state index is -0.520. The van der Waals surface area contributed by atoms with Gasteiger partial charge in [0.2, 0.25) is 0 Å². The van der Waals surface area contributed by atoms with E-state index in [0.717, 1.165) is 0 Å². The molecule has 0 aliphatic rings. The van der Waals surface area contributed by atoms with Crippen LogP contribution in [0.3, 0.4) is 0 Å². The summed E-state index contributed by atoms with van der Waals surface area (Å²) in [7, 11) is 0. The maximum absolute atomic E-state index is 11.7. The first kappa shape index (κ1) is 18.2. The number of hydrogen-bond acceptors (Lipinski definition) is 3. The molecule has 0 heterocycles. The zero-order valence-corrected chi connectivity index (χ0v) is 13.5. The maximum Gasteiger partial charge on any atom is 0.308 e. The summed E-state index contributed by atoms with van der Waals surface area (Å²) in [5, 5.41) is 10.6. The van der Waals surface area contributed by atoms with E-state index in [1.165, 1.54) is 0 Å². The van der Waals surface area contributed by atoms with Crippen molar-refractivity contribution in [3.05, 3.63) is 12.2 Å². The number of carbonyl (C=O) groups is 1. The van der Waals surface area contributed by atoms with E-state index in [1.807, 2.05) is 53.7 Å². The molecule has 0 aromatic heterocycles. The zero-order valence-electron chi connectivity index (χ0n) is 13.5. The molecule has 0 saturated carbocycles. The van der Waals surface area contributed by atoms with E-state index in [-0.39, 0.29) is 22.7 Å². The Morgan fingerprint density at radius 1 is 1.32 bits per heavy atom. The first-order chi connectivity index (χ1) is 8.58. The number of ether oxygens (including phenoxy) is 1. The van der Waals surface area contributed by atoms with Crippen LogP contribution in [0.15, 0.2) is 12.2 Å². The van der Waals surface area contributed by atoms with Gasteiger partial charge in [-0.1, -0.05) is 46.8 Å². The van der Waals surface area contributed by atoms with E-state index in [4.69, 9.17) is 4.74 Å². The molecule has 1 N–H and O–H groups in total. The van der Waals surface area contributed by atoms with Gasteiger partial charge in [-0.2, -0.15) is 0 Å². The zero-order chi connectivity index (χ0) is 15.3. The fraction of sp³-hybridized carbons (Fsp3) is 0.812. The van der Waals surface area contributed by atoms with Gasteiger partial charge in [-0.05, 0) is 25.7 Å². The Morgan fingerprint density at radius 2 is 1.84 bits per heavy atom. The molecule has 0 aliphatic carbocycles. The maximum atomic E-state index is 11.7. The summed E-state index contributed by atoms with van der Waals surface area (Å²) in [6, 6.07) is 0. The molecule has 0 aromatic rings. The molecular formula is C16H30O3. The third kappa shape index (κ3) is 5.35. The molecule has 2 atom stereocenters. The Bertz CT molecular complexity index is 316. The van der Waals surface area contributed by atoms with Crippen molar-refractivity contribution in [2.75, 3.05) is 6.61 Å². The average Bonchev–Trinajstić information content (AvgIpc) is 2.27. The lowest BCUT2D eigenvalue weighted by molar-refractivity contribution is -0.149. The summed E-state index contributed by atoms with van der Waals surface area (Å²) in [6.07, 6.45) is 4.05. The normalized spacial score (nSPS) is 16.4. The van der Waals surface area contributed by atoms with Crippen LogP contribution in [0.1, 0.15) is 54.9 Å². The molecule has 0 amide bonds. The fourth-order valence-corrected chi connectivity index (χ4v) is 2.80. The van der Waals surface area contributed by atoms with Gasteiger partial charge in [-0.15, -0.1) is 0 Å². The predicted molar refractivity (Wildman–Crippen MR) is 78.8 cm³/mol. The average molecular weight is 270 g/mol. The van der Waals surface area contributed by atoms with Crippen LogP contribution >= 0.6 is 0 Å². The largest absolute Gasteiger partial charge is 0.466 e. The molecular weight excluding hydrogens is 240 g/mol. The van der Waals surface area contributed by atoms with Crippen molar-refractivity contribution in [2.45, 2.75) is 61.0 Å². The van der Waals surface area contributed by atoms with Crippen LogP contribution < -0.4 is 0 Å². The monoisotopic (exact) mass is 270 g/mol. The van der Waals surface area contributed by atoms with Gasteiger partial charge in [-0.25, -0.2) is 0 Å². The first-order valence-electron chi connectivity index (χ1n) is 7.07. The minimum absolute atomic E-state index is 0.188. The van der Waals surface area contributed by atoms with Crippen LogP contribution in [0.25, 0.3) is 0 Å². The Balaban J connectivity index is 4.83. The van der Waals surface area contributed by atoms with Gasteiger partial charge >= 0.3 is 5.97 Å². The Labute approximate surface area is 118 Å². The molecule has 0 saturated heterocycles. The molecule has 3 nitrogen and oxygen atoms in total. The molecule has 2 unspecified atom stereocenters. The van der Waals surface area contributed by atoms with Crippen molar-refractivity contribution in [3.8, 4) is 0 Å². The van der Waals surface area contributed by atoms with E-state index in [9.17, 15) is 9.90 Å². The molecule has 0 spiro atoms. The second-order valence-corrected chi connectivity index (χ2v) is 6.57. The second-order valence-electron chi connectivity index (χ2n) is 6.57. The van der Waals surface area contributed by atoms with Crippen molar-refractivity contribution in [1.29, 1.82) is 0 Å². The van der Waals surface area contributed by atoms with Crippen LogP contribution in [0.2, 0.25) is 0 Å². The predicted octanol–water partition coefficient (Wildman–Crippen LogP) is 3.57. The highest BCUT2D eigenvalue weighted by molar-refractivity contribution is 5.72. The van der Waals surface area contributed by atoms with Crippen molar-refractivity contribution < 1.29 is 14.6 Å². The van der Waals surface area contributed by atoms with Gasteiger partial charge in [-0.3, -0.25) is 4.79 Å². The van der Waals surface area contributed by atoms with Crippen molar-refractivity contribution in [3.63, 3.8) is 0 Å². The molecule has 0 aliphatic heterocycles. The van der Waals surface area contributed by atoms with Gasteiger partial charge < -0.3 is 9.84 Å². The smallest absolute Gasteiger partial charge is 0.308 e. The third-order valence-corrected chi connectivity index (χ3v) is 3.56. The van der Waals surface area contributed by atoms with Gasteiger partial charge in [0.05, 0.1) is 18.6 Å². The van der Waals surface area contributed by atoms with Gasteiger partial charge in [0.25, 0.3) is 0 Å². The van der Waals surface area contributed by atoms with E-state index in [1.54, 1.807) is 6.92 Å². The Morgan fingerprint density at radius 3 is 2.26 bits per heavy atom. The minimum Gasteiger partial charge on any atom is -0.466 e. The molecule has 0 bridgehead atoms. The fourth-order valence-electron chi connectivity index (χ4n) is 2.80. The van der Waals surface area contributed by atoms with Gasteiger partial charge in [0.15, 0.2) is 0 Å². The number of hydrogen-bond donors (Lipinski definition) is 1. The quantitative estimate of drug-likeness (QED) is 0.568. The number of carbonyl (C=O) groups excluding carboxylic acids is 1. The summed E-state index contributed by atoms with van der Waals surface area (Å²) < 4.78 is 5.03. The van der Waals surface area contributed by atoms with Crippen molar-refractivity contribution >= 4 is 5.97 Å². The SMILES string of the molecule is CC=CC(C)(C)C(O)C(C)(C)CC(C)C(=O)OCC. The lowest BCUT2D eigenvalue weighted by Crippen LogP contribution is -2.42. The molecule has 112 valence electrons. The third-order valence-electron chi connectivity index (χ3n) is 3.56. The topological polar surface area (TPSA) is 46.5 Å². The lowest BCUT2D eigenvalue weighted by Gasteiger charge is -2.40. The summed E-state index contributed by atoms with van der Waals surface area (Å²) in [6.45, 7) is 14.0. The highest BCUT2D eigenvalue weighted by Crippen LogP contribution is 2.39. The van der Waals surface area contributed by atoms with E-state index in [0.29, 0.717) is 13.0 Å². The van der Waals surface area contributed by atoms with Crippen LogP contribution in [-0.2, 0) is 9.53 Å². The van der Waals surface area contributed by atoms with Crippen LogP contribution in [0, 0.1) is 16.7 Å². The van der Waals surface area contributed by atoms with E-state index in [2.05, 4.69) is 0 Å².